The lowest BCUT2D eigenvalue weighted by Crippen LogP contribution is -2.48. The van der Waals surface area contributed by atoms with Gasteiger partial charge in [0.2, 0.25) is 0 Å². The normalized spacial score (nSPS) is 39.6. The third-order valence-corrected chi connectivity index (χ3v) is 3.08. The van der Waals surface area contributed by atoms with Gasteiger partial charge in [-0.2, -0.15) is 0 Å². The van der Waals surface area contributed by atoms with E-state index in [0.717, 1.165) is 31.2 Å². The Morgan fingerprint density at radius 1 is 1.58 bits per heavy atom. The van der Waals surface area contributed by atoms with Crippen molar-refractivity contribution in [3.8, 4) is 0 Å². The number of alkyl carbamates (subject to hydrolysis) is 1. The minimum absolute atomic E-state index is 0.119. The quantitative estimate of drug-likeness (QED) is 0.646. The number of nitrogens with one attached hydrogen (secondary N) is 1. The third-order valence-electron chi connectivity index (χ3n) is 3.08. The molecule has 1 saturated carbocycles. The highest BCUT2D eigenvalue weighted by Gasteiger charge is 2.51. The summed E-state index contributed by atoms with van der Waals surface area (Å²) in [6, 6.07) is 0. The van der Waals surface area contributed by atoms with Crippen LogP contribution in [-0.2, 0) is 4.74 Å². The van der Waals surface area contributed by atoms with Crippen LogP contribution in [0.2, 0.25) is 0 Å². The van der Waals surface area contributed by atoms with Crippen LogP contribution < -0.4 is 5.32 Å². The molecule has 1 aliphatic carbocycles. The summed E-state index contributed by atoms with van der Waals surface area (Å²) >= 11 is 0. The molecule has 0 atom stereocenters. The van der Waals surface area contributed by atoms with Crippen molar-refractivity contribution in [2.75, 3.05) is 6.54 Å². The number of carbonyl (C=O) groups excluding carboxylic acids is 1. The average Bonchev–Trinajstić information content (AvgIpc) is 2.27. The van der Waals surface area contributed by atoms with Crippen LogP contribution in [0.4, 0.5) is 4.79 Å². The SMILES string of the molecule is CC(C)C1CC2(CNC(=O)O2)C1. The van der Waals surface area contributed by atoms with Gasteiger partial charge in [0.1, 0.15) is 5.60 Å². The van der Waals surface area contributed by atoms with Crippen molar-refractivity contribution >= 4 is 6.09 Å². The number of carbonyl (C=O) groups is 1. The number of rotatable bonds is 1. The van der Waals surface area contributed by atoms with Gasteiger partial charge in [0.15, 0.2) is 0 Å². The molecule has 0 radical (unpaired) electrons. The number of amides is 1. The maximum absolute atomic E-state index is 10.8. The zero-order valence-electron chi connectivity index (χ0n) is 7.59. The molecular weight excluding hydrogens is 154 g/mol. The van der Waals surface area contributed by atoms with E-state index in [1.807, 2.05) is 0 Å². The van der Waals surface area contributed by atoms with Gasteiger partial charge in [-0.25, -0.2) is 4.79 Å². The molecule has 1 aliphatic heterocycles. The second-order valence-electron chi connectivity index (χ2n) is 4.34. The lowest BCUT2D eigenvalue weighted by molar-refractivity contribution is -0.0605. The fourth-order valence-corrected chi connectivity index (χ4v) is 2.10. The first-order valence-corrected chi connectivity index (χ1v) is 4.58. The van der Waals surface area contributed by atoms with E-state index in [0.29, 0.717) is 0 Å². The van der Waals surface area contributed by atoms with Gasteiger partial charge in [-0.05, 0) is 24.7 Å². The summed E-state index contributed by atoms with van der Waals surface area (Å²) in [5.41, 5.74) is -0.119. The van der Waals surface area contributed by atoms with E-state index >= 15 is 0 Å². The maximum Gasteiger partial charge on any atom is 0.407 e. The van der Waals surface area contributed by atoms with E-state index in [2.05, 4.69) is 19.2 Å². The smallest absolute Gasteiger partial charge is 0.407 e. The van der Waals surface area contributed by atoms with Crippen molar-refractivity contribution in [3.63, 3.8) is 0 Å². The molecule has 1 saturated heterocycles. The molecule has 2 aliphatic rings. The summed E-state index contributed by atoms with van der Waals surface area (Å²) in [6.45, 7) is 5.17. The minimum Gasteiger partial charge on any atom is -0.441 e. The maximum atomic E-state index is 10.8. The predicted octanol–water partition coefficient (Wildman–Crippen LogP) is 1.53. The standard InChI is InChI=1S/C9H15NO2/c1-6(2)7-3-9(4-7)5-10-8(11)12-9/h6-7H,3-5H2,1-2H3,(H,10,11). The van der Waals surface area contributed by atoms with E-state index in [9.17, 15) is 4.79 Å². The largest absolute Gasteiger partial charge is 0.441 e. The molecule has 2 fully saturated rings. The van der Waals surface area contributed by atoms with Crippen LogP contribution in [0.3, 0.4) is 0 Å². The lowest BCUT2D eigenvalue weighted by Gasteiger charge is -2.44. The summed E-state index contributed by atoms with van der Waals surface area (Å²) in [4.78, 5) is 10.8. The second kappa shape index (κ2) is 2.38. The summed E-state index contributed by atoms with van der Waals surface area (Å²) in [5.74, 6) is 1.47. The fourth-order valence-electron chi connectivity index (χ4n) is 2.10. The van der Waals surface area contributed by atoms with E-state index in [1.165, 1.54) is 0 Å². The zero-order chi connectivity index (χ0) is 8.77. The molecule has 3 heteroatoms. The molecule has 12 heavy (non-hydrogen) atoms. The zero-order valence-corrected chi connectivity index (χ0v) is 7.59. The molecule has 0 bridgehead atoms. The van der Waals surface area contributed by atoms with Crippen molar-refractivity contribution in [3.05, 3.63) is 0 Å². The molecule has 0 unspecified atom stereocenters. The monoisotopic (exact) mass is 169 g/mol. The molecular formula is C9H15NO2. The Kier molecular flexibility index (Phi) is 1.56. The van der Waals surface area contributed by atoms with Gasteiger partial charge in [-0.1, -0.05) is 13.8 Å². The second-order valence-corrected chi connectivity index (χ2v) is 4.34. The van der Waals surface area contributed by atoms with Crippen molar-refractivity contribution in [2.24, 2.45) is 11.8 Å². The van der Waals surface area contributed by atoms with E-state index in [1.54, 1.807) is 0 Å². The Labute approximate surface area is 72.5 Å². The highest BCUT2D eigenvalue weighted by Crippen LogP contribution is 2.45. The minimum atomic E-state index is -0.239. The Morgan fingerprint density at radius 2 is 2.25 bits per heavy atom. The molecule has 68 valence electrons. The van der Waals surface area contributed by atoms with Crippen molar-refractivity contribution < 1.29 is 9.53 Å². The van der Waals surface area contributed by atoms with Gasteiger partial charge in [-0.3, -0.25) is 0 Å². The first kappa shape index (κ1) is 7.90. The Hall–Kier alpha value is -0.730. The first-order valence-electron chi connectivity index (χ1n) is 4.58. The predicted molar refractivity (Wildman–Crippen MR) is 44.8 cm³/mol. The first-order chi connectivity index (χ1) is 5.61. The summed E-state index contributed by atoms with van der Waals surface area (Å²) in [5, 5.41) is 2.71. The van der Waals surface area contributed by atoms with E-state index < -0.39 is 0 Å². The number of hydrogen-bond donors (Lipinski definition) is 1. The molecule has 0 aromatic heterocycles. The van der Waals surface area contributed by atoms with Gasteiger partial charge in [0, 0.05) is 0 Å². The van der Waals surface area contributed by atoms with Gasteiger partial charge < -0.3 is 10.1 Å². The topological polar surface area (TPSA) is 38.3 Å². The Balaban J connectivity index is 1.91. The van der Waals surface area contributed by atoms with Crippen LogP contribution in [0.25, 0.3) is 0 Å². The van der Waals surface area contributed by atoms with Crippen LogP contribution >= 0.6 is 0 Å². The highest BCUT2D eigenvalue weighted by atomic mass is 16.6. The molecule has 0 aromatic rings. The van der Waals surface area contributed by atoms with Gasteiger partial charge in [0.05, 0.1) is 6.54 Å². The highest BCUT2D eigenvalue weighted by molar-refractivity contribution is 5.70. The lowest BCUT2D eigenvalue weighted by atomic mass is 9.66. The Morgan fingerprint density at radius 3 is 2.67 bits per heavy atom. The van der Waals surface area contributed by atoms with Crippen LogP contribution in [0.5, 0.6) is 0 Å². The summed E-state index contributed by atoms with van der Waals surface area (Å²) in [7, 11) is 0. The summed E-state index contributed by atoms with van der Waals surface area (Å²) in [6.07, 6.45) is 1.85. The van der Waals surface area contributed by atoms with Crippen molar-refractivity contribution in [2.45, 2.75) is 32.3 Å². The van der Waals surface area contributed by atoms with Crippen LogP contribution in [0.1, 0.15) is 26.7 Å². The Bertz CT molecular complexity index is 207. The third kappa shape index (κ3) is 1.08. The van der Waals surface area contributed by atoms with E-state index in [4.69, 9.17) is 4.74 Å². The summed E-state index contributed by atoms with van der Waals surface area (Å²) < 4.78 is 5.22. The molecule has 0 aromatic carbocycles. The molecule has 1 N–H and O–H groups in total. The van der Waals surface area contributed by atoms with Crippen molar-refractivity contribution in [1.29, 1.82) is 0 Å². The van der Waals surface area contributed by atoms with Crippen LogP contribution in [-0.4, -0.2) is 18.2 Å². The van der Waals surface area contributed by atoms with Crippen molar-refractivity contribution in [1.82, 2.24) is 5.32 Å². The molecule has 1 spiro atoms. The fraction of sp³-hybridized carbons (Fsp3) is 0.889. The molecule has 1 amide bonds. The van der Waals surface area contributed by atoms with E-state index in [-0.39, 0.29) is 11.7 Å². The van der Waals surface area contributed by atoms with Gasteiger partial charge in [0.25, 0.3) is 0 Å². The number of ether oxygens (including phenoxy) is 1. The molecule has 3 nitrogen and oxygen atoms in total. The molecule has 2 rings (SSSR count). The average molecular weight is 169 g/mol. The van der Waals surface area contributed by atoms with Crippen LogP contribution in [0.15, 0.2) is 0 Å². The van der Waals surface area contributed by atoms with Gasteiger partial charge >= 0.3 is 6.09 Å². The van der Waals surface area contributed by atoms with Crippen LogP contribution in [0, 0.1) is 11.8 Å². The number of hydrogen-bond acceptors (Lipinski definition) is 2. The molecule has 1 heterocycles. The van der Waals surface area contributed by atoms with Gasteiger partial charge in [-0.15, -0.1) is 0 Å².